The van der Waals surface area contributed by atoms with Crippen LogP contribution in [-0.2, 0) is 16.6 Å². The first-order valence-corrected chi connectivity index (χ1v) is 8.75. The fourth-order valence-electron chi connectivity index (χ4n) is 2.07. The van der Waals surface area contributed by atoms with Gasteiger partial charge in [-0.1, -0.05) is 24.3 Å². The molecule has 0 bridgehead atoms. The van der Waals surface area contributed by atoms with Crippen LogP contribution in [0, 0.1) is 0 Å². The molecule has 2 aromatic carbocycles. The highest BCUT2D eigenvalue weighted by atomic mass is 32.2. The van der Waals surface area contributed by atoms with Gasteiger partial charge in [-0.15, -0.1) is 0 Å². The molecule has 3 rings (SSSR count). The third kappa shape index (κ3) is 4.11. The molecule has 0 aliphatic carbocycles. The summed E-state index contributed by atoms with van der Waals surface area (Å²) < 4.78 is 34.4. The zero-order valence-corrected chi connectivity index (χ0v) is 13.6. The highest BCUT2D eigenvalue weighted by molar-refractivity contribution is 7.92. The summed E-state index contributed by atoms with van der Waals surface area (Å²) in [6, 6.07) is 15.0. The summed E-state index contributed by atoms with van der Waals surface area (Å²) in [6.07, 6.45) is 3.06. The summed E-state index contributed by atoms with van der Waals surface area (Å²) in [6.45, 7) is 0.957. The Morgan fingerprint density at radius 1 is 1.08 bits per heavy atom. The summed E-state index contributed by atoms with van der Waals surface area (Å²) in [5.74, 6) is 0.573. The lowest BCUT2D eigenvalue weighted by Gasteiger charge is -2.10. The van der Waals surface area contributed by atoms with Crippen molar-refractivity contribution in [3.8, 4) is 5.75 Å². The summed E-state index contributed by atoms with van der Waals surface area (Å²) in [5.41, 5.74) is 0.442. The first kappa shape index (κ1) is 16.0. The molecule has 0 spiro atoms. The Morgan fingerprint density at radius 2 is 1.92 bits per heavy atom. The average Bonchev–Trinajstić information content (AvgIpc) is 3.09. The van der Waals surface area contributed by atoms with Gasteiger partial charge in [-0.05, 0) is 24.3 Å². The van der Waals surface area contributed by atoms with Crippen molar-refractivity contribution >= 4 is 15.7 Å². The lowest BCUT2D eigenvalue weighted by atomic mass is 10.3. The van der Waals surface area contributed by atoms with Crippen molar-refractivity contribution in [1.82, 2.24) is 14.8 Å². The second-order valence-electron chi connectivity index (χ2n) is 4.95. The largest absolute Gasteiger partial charge is 0.492 e. The highest BCUT2D eigenvalue weighted by Crippen LogP contribution is 2.20. The number of sulfonamides is 1. The van der Waals surface area contributed by atoms with Crippen LogP contribution < -0.4 is 9.46 Å². The van der Waals surface area contributed by atoms with Crippen molar-refractivity contribution in [1.29, 1.82) is 0 Å². The van der Waals surface area contributed by atoms with Crippen molar-refractivity contribution in [3.05, 3.63) is 67.3 Å². The summed E-state index contributed by atoms with van der Waals surface area (Å²) >= 11 is 0. The quantitative estimate of drug-likeness (QED) is 0.710. The number of nitrogens with one attached hydrogen (secondary N) is 1. The molecule has 0 aliphatic heterocycles. The molecule has 7 nitrogen and oxygen atoms in total. The van der Waals surface area contributed by atoms with Crippen molar-refractivity contribution in [2.24, 2.45) is 0 Å². The van der Waals surface area contributed by atoms with Crippen LogP contribution in [0.1, 0.15) is 0 Å². The molecule has 1 heterocycles. The molecule has 0 unspecified atom stereocenters. The molecule has 24 heavy (non-hydrogen) atoms. The summed E-state index contributed by atoms with van der Waals surface area (Å²) in [4.78, 5) is 4.06. The normalized spacial score (nSPS) is 11.2. The Balaban J connectivity index is 1.64. The molecule has 0 fully saturated rings. The van der Waals surface area contributed by atoms with Crippen molar-refractivity contribution < 1.29 is 13.2 Å². The van der Waals surface area contributed by atoms with E-state index >= 15 is 0 Å². The molecule has 1 aromatic heterocycles. The molecule has 0 radical (unpaired) electrons. The van der Waals surface area contributed by atoms with Gasteiger partial charge in [0.25, 0.3) is 10.0 Å². The minimum absolute atomic E-state index is 0.211. The summed E-state index contributed by atoms with van der Waals surface area (Å²) in [7, 11) is -3.61. The third-order valence-corrected chi connectivity index (χ3v) is 4.59. The SMILES string of the molecule is O=S(=O)(Nc1cccc(OCCn2cncn2)c1)c1ccccc1. The lowest BCUT2D eigenvalue weighted by Crippen LogP contribution is -2.13. The maximum Gasteiger partial charge on any atom is 0.261 e. The van der Waals surface area contributed by atoms with E-state index in [1.54, 1.807) is 65.6 Å². The van der Waals surface area contributed by atoms with E-state index in [0.29, 0.717) is 24.6 Å². The maximum atomic E-state index is 12.3. The second-order valence-corrected chi connectivity index (χ2v) is 6.64. The number of anilines is 1. The van der Waals surface area contributed by atoms with E-state index in [-0.39, 0.29) is 4.90 Å². The number of nitrogens with zero attached hydrogens (tertiary/aromatic N) is 3. The van der Waals surface area contributed by atoms with E-state index in [0.717, 1.165) is 0 Å². The molecule has 0 amide bonds. The van der Waals surface area contributed by atoms with Gasteiger partial charge in [0.2, 0.25) is 0 Å². The Labute approximate surface area is 140 Å². The monoisotopic (exact) mass is 344 g/mol. The molecule has 124 valence electrons. The molecule has 0 aliphatic rings. The average molecular weight is 344 g/mol. The van der Waals surface area contributed by atoms with E-state index < -0.39 is 10.0 Å². The molecular formula is C16H16N4O3S. The fraction of sp³-hybridized carbons (Fsp3) is 0.125. The molecule has 3 aromatic rings. The number of hydrogen-bond acceptors (Lipinski definition) is 5. The first-order valence-electron chi connectivity index (χ1n) is 7.27. The number of benzene rings is 2. The third-order valence-electron chi connectivity index (χ3n) is 3.20. The molecular weight excluding hydrogens is 328 g/mol. The summed E-state index contributed by atoms with van der Waals surface area (Å²) in [5, 5.41) is 3.98. The van der Waals surface area contributed by atoms with Crippen LogP contribution >= 0.6 is 0 Å². The van der Waals surface area contributed by atoms with E-state index in [1.165, 1.54) is 6.33 Å². The van der Waals surface area contributed by atoms with Gasteiger partial charge in [0.1, 0.15) is 25.0 Å². The molecule has 8 heteroatoms. The predicted octanol–water partition coefficient (Wildman–Crippen LogP) is 2.16. The predicted molar refractivity (Wildman–Crippen MR) is 89.2 cm³/mol. The topological polar surface area (TPSA) is 86.1 Å². The van der Waals surface area contributed by atoms with Crippen LogP contribution in [0.2, 0.25) is 0 Å². The van der Waals surface area contributed by atoms with Gasteiger partial charge >= 0.3 is 0 Å². The van der Waals surface area contributed by atoms with E-state index in [4.69, 9.17) is 4.74 Å². The Bertz CT molecular complexity index is 881. The molecule has 0 saturated carbocycles. The molecule has 0 atom stereocenters. The second kappa shape index (κ2) is 7.14. The Hall–Kier alpha value is -2.87. The van der Waals surface area contributed by atoms with Crippen molar-refractivity contribution in [2.45, 2.75) is 11.4 Å². The van der Waals surface area contributed by atoms with Gasteiger partial charge < -0.3 is 4.74 Å². The minimum Gasteiger partial charge on any atom is -0.492 e. The van der Waals surface area contributed by atoms with Crippen molar-refractivity contribution in [3.63, 3.8) is 0 Å². The molecule has 1 N–H and O–H groups in total. The number of ether oxygens (including phenoxy) is 1. The van der Waals surface area contributed by atoms with Gasteiger partial charge in [0.05, 0.1) is 17.1 Å². The minimum atomic E-state index is -3.61. The van der Waals surface area contributed by atoms with Crippen LogP contribution in [0.25, 0.3) is 0 Å². The van der Waals surface area contributed by atoms with Crippen LogP contribution in [-0.4, -0.2) is 29.8 Å². The number of hydrogen-bond donors (Lipinski definition) is 1. The van der Waals surface area contributed by atoms with E-state index in [2.05, 4.69) is 14.8 Å². The van der Waals surface area contributed by atoms with Crippen LogP contribution in [0.4, 0.5) is 5.69 Å². The highest BCUT2D eigenvalue weighted by Gasteiger charge is 2.13. The first-order chi connectivity index (χ1) is 11.6. The zero-order chi connectivity index (χ0) is 16.8. The van der Waals surface area contributed by atoms with Gasteiger partial charge in [-0.3, -0.25) is 4.72 Å². The van der Waals surface area contributed by atoms with Crippen LogP contribution in [0.15, 0.2) is 72.1 Å². The lowest BCUT2D eigenvalue weighted by molar-refractivity contribution is 0.291. The Morgan fingerprint density at radius 3 is 2.67 bits per heavy atom. The van der Waals surface area contributed by atoms with Crippen molar-refractivity contribution in [2.75, 3.05) is 11.3 Å². The number of aromatic nitrogens is 3. The van der Waals surface area contributed by atoms with Crippen LogP contribution in [0.3, 0.4) is 0 Å². The van der Waals surface area contributed by atoms with E-state index in [1.807, 2.05) is 0 Å². The molecule has 0 saturated heterocycles. The van der Waals surface area contributed by atoms with Gasteiger partial charge in [-0.25, -0.2) is 18.1 Å². The fourth-order valence-corrected chi connectivity index (χ4v) is 3.14. The van der Waals surface area contributed by atoms with E-state index in [9.17, 15) is 8.42 Å². The van der Waals surface area contributed by atoms with Gasteiger partial charge in [0, 0.05) is 6.07 Å². The standard InChI is InChI=1S/C16H16N4O3S/c21-24(22,16-7-2-1-3-8-16)19-14-5-4-6-15(11-14)23-10-9-20-13-17-12-18-20/h1-8,11-13,19H,9-10H2. The van der Waals surface area contributed by atoms with Gasteiger partial charge in [0.15, 0.2) is 0 Å². The van der Waals surface area contributed by atoms with Crippen LogP contribution in [0.5, 0.6) is 5.75 Å². The zero-order valence-electron chi connectivity index (χ0n) is 12.7. The maximum absolute atomic E-state index is 12.3. The Kier molecular flexibility index (Phi) is 4.76. The van der Waals surface area contributed by atoms with Gasteiger partial charge in [-0.2, -0.15) is 5.10 Å². The number of rotatable bonds is 7. The smallest absolute Gasteiger partial charge is 0.261 e.